The summed E-state index contributed by atoms with van der Waals surface area (Å²) >= 11 is 1.75. The highest BCUT2D eigenvalue weighted by molar-refractivity contribution is 7.99. The molecule has 334 valence electrons. The number of aliphatic hydroxyl groups excluding tert-OH is 2. The van der Waals surface area contributed by atoms with Gasteiger partial charge in [-0.2, -0.15) is 0 Å². The molecular formula is C49H62N2O10S. The number of methoxy groups -OCH3 is 1. The summed E-state index contributed by atoms with van der Waals surface area (Å²) in [7, 11) is 1.38. The van der Waals surface area contributed by atoms with Crippen LogP contribution in [0, 0.1) is 17.8 Å². The highest BCUT2D eigenvalue weighted by atomic mass is 32.2. The first-order valence-corrected chi connectivity index (χ1v) is 22.9. The van der Waals surface area contributed by atoms with Crippen molar-refractivity contribution in [2.75, 3.05) is 46.1 Å². The lowest BCUT2D eigenvalue weighted by Crippen LogP contribution is -2.70. The van der Waals surface area contributed by atoms with Crippen LogP contribution in [0.15, 0.2) is 101 Å². The second kappa shape index (κ2) is 20.7. The molecule has 1 fully saturated rings. The molecule has 1 saturated carbocycles. The molecule has 62 heavy (non-hydrogen) atoms. The van der Waals surface area contributed by atoms with Gasteiger partial charge in [0.1, 0.15) is 23.1 Å². The molecule has 6 atom stereocenters. The van der Waals surface area contributed by atoms with Crippen molar-refractivity contribution >= 4 is 23.6 Å². The number of ether oxygens (including phenoxy) is 6. The number of carbonyl (C=O) groups excluding carboxylic acids is 1. The number of aliphatic hydroxyl groups is 2. The van der Waals surface area contributed by atoms with Crippen molar-refractivity contribution < 1.29 is 48.3 Å². The number of hydrogen-bond donors (Lipinski definition) is 2. The molecule has 0 spiro atoms. The molecule has 0 aromatic heterocycles. The molecule has 1 amide bonds. The van der Waals surface area contributed by atoms with Crippen molar-refractivity contribution in [1.29, 1.82) is 0 Å². The highest BCUT2D eigenvalue weighted by Crippen LogP contribution is 2.62. The smallest absolute Gasteiger partial charge is 0.410 e. The maximum atomic E-state index is 14.3. The number of allylic oxidation sites excluding steroid dienone is 1. The van der Waals surface area contributed by atoms with Crippen LogP contribution in [0.1, 0.15) is 82.8 Å². The molecule has 2 heterocycles. The van der Waals surface area contributed by atoms with E-state index < -0.39 is 29.4 Å². The minimum atomic E-state index is -1.44. The third-order valence-electron chi connectivity index (χ3n) is 12.0. The van der Waals surface area contributed by atoms with E-state index in [4.69, 9.17) is 38.4 Å². The van der Waals surface area contributed by atoms with Gasteiger partial charge in [-0.3, -0.25) is 4.90 Å². The van der Waals surface area contributed by atoms with Crippen LogP contribution >= 0.6 is 11.8 Å². The van der Waals surface area contributed by atoms with Crippen LogP contribution in [0.3, 0.4) is 0 Å². The average molecular weight is 871 g/mol. The predicted molar refractivity (Wildman–Crippen MR) is 239 cm³/mol. The van der Waals surface area contributed by atoms with Crippen LogP contribution in [-0.2, 0) is 20.9 Å². The Balaban J connectivity index is 1.39. The topological polar surface area (TPSA) is 138 Å². The zero-order valence-electron chi connectivity index (χ0n) is 36.5. The number of hydrogen-bond acceptors (Lipinski definition) is 12. The standard InChI is InChI=1S/C49H62N2O10S/c1-6-24-59-49-44(51(47(54)55-5)31-33-18-20-42-43(27-33)58-32-57-42)30-40(50-61-48(2,3)4)38-28-34(14-10-12-22-52)37(17-11-13-23-53)45(46(38)49)39-29-35(19-21-41(39)60-49)56-25-26-62-36-15-8-7-9-16-36/h6-9,15-16,18-21,27-29,34,37,44-46,52-53H,1,10-14,17,22-26,30-32H2,2-5H3/t34-,37+,44-,45+,46+,49+/m0/s1. The van der Waals surface area contributed by atoms with E-state index in [0.717, 1.165) is 53.9 Å². The fourth-order valence-electron chi connectivity index (χ4n) is 9.42. The third-order valence-corrected chi connectivity index (χ3v) is 13.0. The normalized spacial score (nSPS) is 24.0. The zero-order chi connectivity index (χ0) is 43.7. The van der Waals surface area contributed by atoms with Gasteiger partial charge in [-0.15, -0.1) is 18.3 Å². The van der Waals surface area contributed by atoms with Crippen molar-refractivity contribution in [3.63, 3.8) is 0 Å². The van der Waals surface area contributed by atoms with Crippen LogP contribution in [0.5, 0.6) is 23.0 Å². The molecular weight excluding hydrogens is 809 g/mol. The predicted octanol–water partition coefficient (Wildman–Crippen LogP) is 9.29. The lowest BCUT2D eigenvalue weighted by atomic mass is 9.55. The molecule has 12 nitrogen and oxygen atoms in total. The van der Waals surface area contributed by atoms with Crippen LogP contribution in [0.4, 0.5) is 4.79 Å². The Hall–Kier alpha value is -4.69. The first-order chi connectivity index (χ1) is 30.1. The lowest BCUT2D eigenvalue weighted by molar-refractivity contribution is -0.256. The van der Waals surface area contributed by atoms with Gasteiger partial charge < -0.3 is 43.5 Å². The van der Waals surface area contributed by atoms with Gasteiger partial charge in [0.25, 0.3) is 0 Å². The average Bonchev–Trinajstić information content (AvgIpc) is 3.75. The van der Waals surface area contributed by atoms with Crippen LogP contribution in [0.25, 0.3) is 0 Å². The molecule has 0 unspecified atom stereocenters. The van der Waals surface area contributed by atoms with E-state index in [2.05, 4.69) is 30.9 Å². The van der Waals surface area contributed by atoms with Crippen molar-refractivity contribution in [2.24, 2.45) is 22.9 Å². The number of amides is 1. The molecule has 0 saturated heterocycles. The first kappa shape index (κ1) is 45.3. The van der Waals surface area contributed by atoms with E-state index in [0.29, 0.717) is 42.4 Å². The third kappa shape index (κ3) is 10.2. The molecule has 2 N–H and O–H groups in total. The summed E-state index contributed by atoms with van der Waals surface area (Å²) in [6.45, 7) is 11.0. The van der Waals surface area contributed by atoms with E-state index in [-0.39, 0.29) is 57.3 Å². The van der Waals surface area contributed by atoms with Gasteiger partial charge in [-0.1, -0.05) is 54.4 Å². The van der Waals surface area contributed by atoms with Crippen molar-refractivity contribution in [3.05, 3.63) is 102 Å². The summed E-state index contributed by atoms with van der Waals surface area (Å²) < 4.78 is 37.9. The SMILES string of the molecule is C=CCO[C@@]12Oc3ccc(OCCSc4ccccc4)cc3[C@H]3[C@H](CCCCO)[C@@H](CCCCO)C=C(C(=NOC(C)(C)C)C[C@@H]1N(Cc1ccc4c(c1)OCO4)C(=O)OC)[C@H]32. The molecule has 0 radical (unpaired) electrons. The Morgan fingerprint density at radius 1 is 0.984 bits per heavy atom. The molecule has 2 aliphatic carbocycles. The fraction of sp³-hybridized carbons (Fsp3) is 0.510. The number of unbranched alkanes of at least 4 members (excludes halogenated alkanes) is 2. The summed E-state index contributed by atoms with van der Waals surface area (Å²) in [6.07, 6.45) is 8.38. The Kier molecular flexibility index (Phi) is 15.1. The number of benzene rings is 3. The summed E-state index contributed by atoms with van der Waals surface area (Å²) in [4.78, 5) is 23.4. The van der Waals surface area contributed by atoms with Gasteiger partial charge in [0, 0.05) is 48.3 Å². The number of nitrogens with zero attached hydrogens (tertiary/aromatic N) is 2. The number of rotatable bonds is 20. The number of thioether (sulfide) groups is 1. The molecule has 3 aromatic rings. The van der Waals surface area contributed by atoms with Gasteiger partial charge in [-0.25, -0.2) is 4.79 Å². The van der Waals surface area contributed by atoms with Crippen molar-refractivity contribution in [1.82, 2.24) is 4.90 Å². The Morgan fingerprint density at radius 2 is 1.74 bits per heavy atom. The van der Waals surface area contributed by atoms with E-state index in [1.807, 2.05) is 69.3 Å². The molecule has 3 aromatic carbocycles. The van der Waals surface area contributed by atoms with Crippen molar-refractivity contribution in [3.8, 4) is 23.0 Å². The Morgan fingerprint density at radius 3 is 2.48 bits per heavy atom. The molecule has 7 rings (SSSR count). The quantitative estimate of drug-likeness (QED) is 0.0487. The Labute approximate surface area is 370 Å². The Bertz CT molecular complexity index is 2050. The van der Waals surface area contributed by atoms with Gasteiger partial charge >= 0.3 is 6.09 Å². The number of carbonyl (C=O) groups is 1. The van der Waals surface area contributed by atoms with Gasteiger partial charge in [0.15, 0.2) is 11.5 Å². The monoisotopic (exact) mass is 870 g/mol. The second-order valence-corrected chi connectivity index (χ2v) is 18.4. The van der Waals surface area contributed by atoms with Gasteiger partial charge in [0.2, 0.25) is 12.6 Å². The number of fused-ring (bicyclic) bond motifs is 3. The largest absolute Gasteiger partial charge is 0.493 e. The summed E-state index contributed by atoms with van der Waals surface area (Å²) in [5.41, 5.74) is 2.85. The van der Waals surface area contributed by atoms with E-state index >= 15 is 0 Å². The van der Waals surface area contributed by atoms with E-state index in [9.17, 15) is 15.0 Å². The zero-order valence-corrected chi connectivity index (χ0v) is 37.3. The van der Waals surface area contributed by atoms with E-state index in [1.54, 1.807) is 22.7 Å². The second-order valence-electron chi connectivity index (χ2n) is 17.3. The van der Waals surface area contributed by atoms with Crippen LogP contribution < -0.4 is 18.9 Å². The molecule has 2 aliphatic heterocycles. The maximum absolute atomic E-state index is 14.3. The lowest BCUT2D eigenvalue weighted by Gasteiger charge is -2.59. The first-order valence-electron chi connectivity index (χ1n) is 21.9. The van der Waals surface area contributed by atoms with Crippen molar-refractivity contribution in [2.45, 2.75) is 101 Å². The summed E-state index contributed by atoms with van der Waals surface area (Å²) in [6, 6.07) is 21.2. The molecule has 0 bridgehead atoms. The summed E-state index contributed by atoms with van der Waals surface area (Å²) in [5.74, 6) is 1.44. The fourth-order valence-corrected chi connectivity index (χ4v) is 10.2. The maximum Gasteiger partial charge on any atom is 0.410 e. The van der Waals surface area contributed by atoms with Crippen LogP contribution in [-0.4, -0.2) is 90.4 Å². The minimum Gasteiger partial charge on any atom is -0.493 e. The van der Waals surface area contributed by atoms with Gasteiger partial charge in [0.05, 0.1) is 32.0 Å². The number of oxime groups is 1. The van der Waals surface area contributed by atoms with Crippen LogP contribution in [0.2, 0.25) is 0 Å². The highest BCUT2D eigenvalue weighted by Gasteiger charge is 2.65. The van der Waals surface area contributed by atoms with E-state index in [1.165, 1.54) is 12.0 Å². The molecule has 13 heteroatoms. The van der Waals surface area contributed by atoms with Gasteiger partial charge in [-0.05, 0) is 112 Å². The minimum absolute atomic E-state index is 0.0659. The summed E-state index contributed by atoms with van der Waals surface area (Å²) in [5, 5.41) is 24.8. The molecule has 4 aliphatic rings.